The lowest BCUT2D eigenvalue weighted by Gasteiger charge is -2.19. The Kier molecular flexibility index (Phi) is 6.23. The van der Waals surface area contributed by atoms with Gasteiger partial charge in [-0.1, -0.05) is 0 Å². The third kappa shape index (κ3) is 6.34. The van der Waals surface area contributed by atoms with Crippen LogP contribution in [0, 0.1) is 6.92 Å². The van der Waals surface area contributed by atoms with E-state index in [4.69, 9.17) is 0 Å². The van der Waals surface area contributed by atoms with Gasteiger partial charge in [-0.25, -0.2) is 4.98 Å². The second-order valence-corrected chi connectivity index (χ2v) is 6.65. The molecule has 1 aromatic rings. The molecular weight excluding hydrogens is 327 g/mol. The van der Waals surface area contributed by atoms with Crippen molar-refractivity contribution in [2.24, 2.45) is 4.99 Å². The van der Waals surface area contributed by atoms with Crippen LogP contribution >= 0.6 is 11.3 Å². The van der Waals surface area contributed by atoms with E-state index in [1.54, 1.807) is 18.4 Å². The summed E-state index contributed by atoms with van der Waals surface area (Å²) in [6.45, 7) is 2.63. The van der Waals surface area contributed by atoms with Crippen molar-refractivity contribution < 1.29 is 13.2 Å². The van der Waals surface area contributed by atoms with Crippen LogP contribution in [0.5, 0.6) is 0 Å². The third-order valence-corrected chi connectivity index (χ3v) is 4.40. The van der Waals surface area contributed by atoms with Crippen LogP contribution in [0.1, 0.15) is 17.1 Å². The average Bonchev–Trinajstić information content (AvgIpc) is 3.05. The minimum Gasteiger partial charge on any atom is -0.356 e. The normalized spacial score (nSPS) is 20.0. The predicted molar refractivity (Wildman–Crippen MR) is 86.0 cm³/mol. The summed E-state index contributed by atoms with van der Waals surface area (Å²) >= 11 is 1.62. The van der Waals surface area contributed by atoms with E-state index in [9.17, 15) is 13.2 Å². The second kappa shape index (κ2) is 7.96. The topological polar surface area (TPSA) is 52.6 Å². The summed E-state index contributed by atoms with van der Waals surface area (Å²) in [6, 6.07) is -0.00920. The molecule has 0 aliphatic carbocycles. The molecule has 2 N–H and O–H groups in total. The van der Waals surface area contributed by atoms with E-state index < -0.39 is 12.7 Å². The number of halogens is 3. The molecular formula is C14H22F3N5S. The number of guanidine groups is 1. The number of aryl methyl sites for hydroxylation is 1. The number of hydrogen-bond acceptors (Lipinski definition) is 4. The Hall–Kier alpha value is -1.35. The lowest BCUT2D eigenvalue weighted by atomic mass is 10.3. The van der Waals surface area contributed by atoms with E-state index >= 15 is 0 Å². The highest BCUT2D eigenvalue weighted by atomic mass is 32.1. The highest BCUT2D eigenvalue weighted by Gasteiger charge is 2.34. The van der Waals surface area contributed by atoms with E-state index in [1.807, 2.05) is 12.3 Å². The van der Waals surface area contributed by atoms with Gasteiger partial charge in [-0.15, -0.1) is 11.3 Å². The van der Waals surface area contributed by atoms with Crippen molar-refractivity contribution in [3.05, 3.63) is 16.1 Å². The number of nitrogens with one attached hydrogen (secondary N) is 2. The van der Waals surface area contributed by atoms with Crippen molar-refractivity contribution in [1.82, 2.24) is 20.5 Å². The maximum Gasteiger partial charge on any atom is 0.401 e. The van der Waals surface area contributed by atoms with Gasteiger partial charge in [0.2, 0.25) is 0 Å². The molecule has 0 aromatic carbocycles. The Labute approximate surface area is 138 Å². The highest BCUT2D eigenvalue weighted by molar-refractivity contribution is 7.09. The molecule has 0 amide bonds. The molecule has 130 valence electrons. The summed E-state index contributed by atoms with van der Waals surface area (Å²) < 4.78 is 37.2. The van der Waals surface area contributed by atoms with Crippen LogP contribution in [-0.2, 0) is 6.42 Å². The number of hydrogen-bond donors (Lipinski definition) is 2. The smallest absolute Gasteiger partial charge is 0.356 e. The van der Waals surface area contributed by atoms with Crippen molar-refractivity contribution in [3.63, 3.8) is 0 Å². The molecule has 5 nitrogen and oxygen atoms in total. The van der Waals surface area contributed by atoms with Gasteiger partial charge in [0.15, 0.2) is 5.96 Å². The Morgan fingerprint density at radius 2 is 2.30 bits per heavy atom. The fraction of sp³-hybridized carbons (Fsp3) is 0.714. The Balaban J connectivity index is 1.71. The number of aliphatic imine (C=N–C) groups is 1. The minimum absolute atomic E-state index is 0.00920. The van der Waals surface area contributed by atoms with Crippen molar-refractivity contribution in [2.45, 2.75) is 32.0 Å². The van der Waals surface area contributed by atoms with Gasteiger partial charge < -0.3 is 10.6 Å². The van der Waals surface area contributed by atoms with Crippen LogP contribution in [0.25, 0.3) is 0 Å². The first kappa shape index (κ1) is 18.0. The lowest BCUT2D eigenvalue weighted by molar-refractivity contribution is -0.143. The van der Waals surface area contributed by atoms with Gasteiger partial charge >= 0.3 is 6.18 Å². The number of alkyl halides is 3. The first-order valence-corrected chi connectivity index (χ1v) is 8.41. The van der Waals surface area contributed by atoms with E-state index in [1.165, 1.54) is 4.90 Å². The van der Waals surface area contributed by atoms with E-state index in [0.717, 1.165) is 17.1 Å². The van der Waals surface area contributed by atoms with Crippen LogP contribution in [0.4, 0.5) is 13.2 Å². The molecule has 1 atom stereocenters. The van der Waals surface area contributed by atoms with Crippen LogP contribution in [0.3, 0.4) is 0 Å². The third-order valence-electron chi connectivity index (χ3n) is 3.58. The molecule has 1 aliphatic rings. The van der Waals surface area contributed by atoms with Crippen molar-refractivity contribution in [2.75, 3.05) is 33.2 Å². The fourth-order valence-electron chi connectivity index (χ4n) is 2.57. The SMILES string of the molecule is CN=C(NCCc1csc(C)n1)NC1CCN(CC(F)(F)F)C1. The number of aromatic nitrogens is 1. The lowest BCUT2D eigenvalue weighted by Crippen LogP contribution is -2.45. The Morgan fingerprint density at radius 1 is 1.52 bits per heavy atom. The molecule has 0 bridgehead atoms. The molecule has 0 saturated carbocycles. The summed E-state index contributed by atoms with van der Waals surface area (Å²) in [5.41, 5.74) is 1.03. The molecule has 1 unspecified atom stereocenters. The molecule has 2 heterocycles. The molecule has 23 heavy (non-hydrogen) atoms. The molecule has 1 saturated heterocycles. The van der Waals surface area contributed by atoms with Gasteiger partial charge in [0.05, 0.1) is 17.2 Å². The van der Waals surface area contributed by atoms with Crippen molar-refractivity contribution in [3.8, 4) is 0 Å². The second-order valence-electron chi connectivity index (χ2n) is 5.59. The fourth-order valence-corrected chi connectivity index (χ4v) is 3.21. The van der Waals surface area contributed by atoms with Crippen molar-refractivity contribution >= 4 is 17.3 Å². The van der Waals surface area contributed by atoms with Gasteiger partial charge in [-0.3, -0.25) is 9.89 Å². The van der Waals surface area contributed by atoms with Crippen LogP contribution in [0.15, 0.2) is 10.4 Å². The molecule has 9 heteroatoms. The summed E-state index contributed by atoms with van der Waals surface area (Å²) in [5, 5.41) is 9.43. The molecule has 1 fully saturated rings. The van der Waals surface area contributed by atoms with Gasteiger partial charge in [0, 0.05) is 44.5 Å². The van der Waals surface area contributed by atoms with Crippen LogP contribution in [0.2, 0.25) is 0 Å². The molecule has 1 aromatic heterocycles. The molecule has 0 radical (unpaired) electrons. The first-order chi connectivity index (χ1) is 10.9. The summed E-state index contributed by atoms with van der Waals surface area (Å²) in [6.07, 6.45) is -2.67. The molecule has 0 spiro atoms. The van der Waals surface area contributed by atoms with E-state index in [-0.39, 0.29) is 6.04 Å². The standard InChI is InChI=1S/C14H22F3N5S/c1-10-20-12(8-23-10)3-5-19-13(18-2)21-11-4-6-22(7-11)9-14(15,16)17/h8,11H,3-7,9H2,1-2H3,(H2,18,19,21). The van der Waals surface area contributed by atoms with Gasteiger partial charge in [0.25, 0.3) is 0 Å². The van der Waals surface area contributed by atoms with Gasteiger partial charge in [0.1, 0.15) is 0 Å². The zero-order chi connectivity index (χ0) is 16.9. The Morgan fingerprint density at radius 3 is 2.91 bits per heavy atom. The first-order valence-electron chi connectivity index (χ1n) is 7.53. The minimum atomic E-state index is -4.14. The predicted octanol–water partition coefficient (Wildman–Crippen LogP) is 1.80. The maximum absolute atomic E-state index is 12.4. The molecule has 2 rings (SSSR count). The van der Waals surface area contributed by atoms with Gasteiger partial charge in [-0.2, -0.15) is 13.2 Å². The largest absolute Gasteiger partial charge is 0.401 e. The number of nitrogens with zero attached hydrogens (tertiary/aromatic N) is 3. The zero-order valence-corrected chi connectivity index (χ0v) is 14.1. The summed E-state index contributed by atoms with van der Waals surface area (Å²) in [7, 11) is 1.66. The maximum atomic E-state index is 12.4. The highest BCUT2D eigenvalue weighted by Crippen LogP contribution is 2.19. The Bertz CT molecular complexity index is 529. The van der Waals surface area contributed by atoms with E-state index in [2.05, 4.69) is 20.6 Å². The van der Waals surface area contributed by atoms with Gasteiger partial charge in [-0.05, 0) is 13.3 Å². The summed E-state index contributed by atoms with van der Waals surface area (Å²) in [5.74, 6) is 0.621. The molecule has 1 aliphatic heterocycles. The number of thiazole rings is 1. The average molecular weight is 349 g/mol. The summed E-state index contributed by atoms with van der Waals surface area (Å²) in [4.78, 5) is 9.93. The number of rotatable bonds is 5. The quantitative estimate of drug-likeness (QED) is 0.629. The van der Waals surface area contributed by atoms with Crippen LogP contribution in [-0.4, -0.2) is 61.3 Å². The zero-order valence-electron chi connectivity index (χ0n) is 13.3. The van der Waals surface area contributed by atoms with Crippen molar-refractivity contribution in [1.29, 1.82) is 0 Å². The number of likely N-dealkylation sites (tertiary alicyclic amines) is 1. The van der Waals surface area contributed by atoms with E-state index in [0.29, 0.717) is 32.0 Å². The van der Waals surface area contributed by atoms with Crippen LogP contribution < -0.4 is 10.6 Å². The monoisotopic (exact) mass is 349 g/mol.